The van der Waals surface area contributed by atoms with Crippen LogP contribution in [0.15, 0.2) is 0 Å². The lowest BCUT2D eigenvalue weighted by molar-refractivity contribution is -0.146. The van der Waals surface area contributed by atoms with Crippen LogP contribution >= 0.6 is 0 Å². The lowest BCUT2D eigenvalue weighted by Crippen LogP contribution is -2.45. The number of rotatable bonds is 4. The number of carboxylic acid groups (broad SMARTS) is 1. The van der Waals surface area contributed by atoms with Crippen molar-refractivity contribution < 1.29 is 27.9 Å². The van der Waals surface area contributed by atoms with Crippen molar-refractivity contribution in [1.29, 1.82) is 0 Å². The number of ether oxygens (including phenoxy) is 1. The summed E-state index contributed by atoms with van der Waals surface area (Å²) < 4.78 is 31.7. The maximum Gasteiger partial charge on any atom is 0.310 e. The summed E-state index contributed by atoms with van der Waals surface area (Å²) in [7, 11) is -2.43. The molecule has 1 aliphatic carbocycles. The number of carbonyl (C=O) groups excluding carboxylic acids is 1. The van der Waals surface area contributed by atoms with Crippen molar-refractivity contribution in [3.8, 4) is 0 Å². The summed E-state index contributed by atoms with van der Waals surface area (Å²) in [5.41, 5.74) is 0. The number of hydrogen-bond donors (Lipinski definition) is 1. The van der Waals surface area contributed by atoms with Crippen LogP contribution < -0.4 is 0 Å². The maximum atomic E-state index is 12.9. The summed E-state index contributed by atoms with van der Waals surface area (Å²) >= 11 is 0. The number of hydrogen-bond acceptors (Lipinski definition) is 5. The molecule has 1 aliphatic heterocycles. The van der Waals surface area contributed by atoms with E-state index in [1.807, 2.05) is 0 Å². The molecule has 0 aromatic carbocycles. The summed E-state index contributed by atoms with van der Waals surface area (Å²) in [6, 6.07) is 0. The van der Waals surface area contributed by atoms with E-state index in [1.165, 1.54) is 11.4 Å². The van der Waals surface area contributed by atoms with E-state index in [9.17, 15) is 18.0 Å². The highest BCUT2D eigenvalue weighted by Crippen LogP contribution is 2.35. The van der Waals surface area contributed by atoms with Gasteiger partial charge in [0.25, 0.3) is 0 Å². The minimum Gasteiger partial charge on any atom is -0.481 e. The SMILES string of the molecule is COC(=O)C1CCCCC1S(=O)(=O)N1C[C@@H](C)[C@H](C(=O)O)C1. The Morgan fingerprint density at radius 2 is 1.77 bits per heavy atom. The molecular formula is C14H23NO6S. The first kappa shape index (κ1) is 17.2. The Morgan fingerprint density at radius 3 is 2.32 bits per heavy atom. The molecule has 2 aliphatic rings. The predicted molar refractivity (Wildman–Crippen MR) is 78.5 cm³/mol. The van der Waals surface area contributed by atoms with Gasteiger partial charge in [-0.1, -0.05) is 19.8 Å². The second kappa shape index (κ2) is 6.54. The fraction of sp³-hybridized carbons (Fsp3) is 0.857. The van der Waals surface area contributed by atoms with Gasteiger partial charge in [0.05, 0.1) is 24.2 Å². The molecule has 2 unspecified atom stereocenters. The summed E-state index contributed by atoms with van der Waals surface area (Å²) in [5, 5.41) is 8.36. The van der Waals surface area contributed by atoms with E-state index in [0.717, 1.165) is 12.8 Å². The van der Waals surface area contributed by atoms with Crippen molar-refractivity contribution in [3.63, 3.8) is 0 Å². The molecule has 0 aromatic rings. The molecule has 0 spiro atoms. The normalized spacial score (nSPS) is 33.5. The molecule has 0 amide bonds. The van der Waals surface area contributed by atoms with Crippen LogP contribution in [-0.2, 0) is 24.3 Å². The fourth-order valence-electron chi connectivity index (χ4n) is 3.52. The van der Waals surface area contributed by atoms with Crippen LogP contribution in [-0.4, -0.2) is 55.2 Å². The monoisotopic (exact) mass is 333 g/mol. The second-order valence-electron chi connectivity index (χ2n) is 6.24. The van der Waals surface area contributed by atoms with Crippen LogP contribution in [0, 0.1) is 17.8 Å². The number of carbonyl (C=O) groups is 2. The van der Waals surface area contributed by atoms with Gasteiger partial charge in [0.1, 0.15) is 0 Å². The third kappa shape index (κ3) is 3.12. The molecule has 7 nitrogen and oxygen atoms in total. The average Bonchev–Trinajstić information content (AvgIpc) is 2.89. The zero-order valence-electron chi connectivity index (χ0n) is 12.9. The van der Waals surface area contributed by atoms with Crippen LogP contribution in [0.3, 0.4) is 0 Å². The molecule has 1 heterocycles. The standard InChI is InChI=1S/C14H23NO6S/c1-9-7-15(8-11(9)13(16)17)22(19,20)12-6-4-3-5-10(12)14(18)21-2/h9-12H,3-8H2,1-2H3,(H,16,17)/t9-,10?,11-,12?/m1/s1. The third-order valence-electron chi connectivity index (χ3n) is 4.84. The first-order chi connectivity index (χ1) is 10.3. The highest BCUT2D eigenvalue weighted by molar-refractivity contribution is 7.89. The first-order valence-corrected chi connectivity index (χ1v) is 9.09. The van der Waals surface area contributed by atoms with Crippen molar-refractivity contribution in [2.24, 2.45) is 17.8 Å². The van der Waals surface area contributed by atoms with Gasteiger partial charge in [0.15, 0.2) is 0 Å². The number of nitrogens with zero attached hydrogens (tertiary/aromatic N) is 1. The quantitative estimate of drug-likeness (QED) is 0.760. The van der Waals surface area contributed by atoms with Gasteiger partial charge in [-0.2, -0.15) is 0 Å². The average molecular weight is 333 g/mol. The van der Waals surface area contributed by atoms with E-state index in [1.54, 1.807) is 6.92 Å². The molecular weight excluding hydrogens is 310 g/mol. The topological polar surface area (TPSA) is 101 Å². The number of sulfonamides is 1. The van der Waals surface area contributed by atoms with Gasteiger partial charge in [-0.05, 0) is 18.8 Å². The van der Waals surface area contributed by atoms with Gasteiger partial charge >= 0.3 is 11.9 Å². The molecule has 22 heavy (non-hydrogen) atoms. The van der Waals surface area contributed by atoms with E-state index < -0.39 is 39.0 Å². The minimum absolute atomic E-state index is 0.0107. The van der Waals surface area contributed by atoms with Gasteiger partial charge in [-0.15, -0.1) is 0 Å². The van der Waals surface area contributed by atoms with Crippen LogP contribution in [0.5, 0.6) is 0 Å². The van der Waals surface area contributed by atoms with Crippen molar-refractivity contribution in [2.45, 2.75) is 37.9 Å². The lowest BCUT2D eigenvalue weighted by atomic mass is 9.89. The number of methoxy groups -OCH3 is 1. The number of carboxylic acids is 1. The second-order valence-corrected chi connectivity index (χ2v) is 8.39. The Hall–Kier alpha value is -1.15. The van der Waals surface area contributed by atoms with Crippen LogP contribution in [0.4, 0.5) is 0 Å². The summed E-state index contributed by atoms with van der Waals surface area (Å²) in [4.78, 5) is 23.1. The highest BCUT2D eigenvalue weighted by Gasteiger charge is 2.47. The van der Waals surface area contributed by atoms with E-state index >= 15 is 0 Å². The molecule has 2 fully saturated rings. The van der Waals surface area contributed by atoms with E-state index in [2.05, 4.69) is 0 Å². The van der Waals surface area contributed by atoms with Crippen LogP contribution in [0.1, 0.15) is 32.6 Å². The molecule has 2 rings (SSSR count). The van der Waals surface area contributed by atoms with E-state index in [-0.39, 0.29) is 19.0 Å². The van der Waals surface area contributed by atoms with Crippen molar-refractivity contribution in [2.75, 3.05) is 20.2 Å². The number of aliphatic carboxylic acids is 1. The molecule has 1 N–H and O–H groups in total. The van der Waals surface area contributed by atoms with Crippen LogP contribution in [0.25, 0.3) is 0 Å². The molecule has 126 valence electrons. The van der Waals surface area contributed by atoms with Gasteiger partial charge < -0.3 is 9.84 Å². The van der Waals surface area contributed by atoms with Gasteiger partial charge in [0.2, 0.25) is 10.0 Å². The summed E-state index contributed by atoms with van der Waals surface area (Å²) in [5.74, 6) is -3.03. The fourth-order valence-corrected chi connectivity index (χ4v) is 5.84. The Morgan fingerprint density at radius 1 is 1.14 bits per heavy atom. The Labute approximate surface area is 130 Å². The Balaban J connectivity index is 2.21. The predicted octanol–water partition coefficient (Wildman–Crippen LogP) is 0.700. The lowest BCUT2D eigenvalue weighted by Gasteiger charge is -2.32. The van der Waals surface area contributed by atoms with Gasteiger partial charge in [-0.3, -0.25) is 9.59 Å². The summed E-state index contributed by atoms with van der Waals surface area (Å²) in [6.45, 7) is 1.93. The van der Waals surface area contributed by atoms with Gasteiger partial charge in [-0.25, -0.2) is 12.7 Å². The molecule has 1 saturated heterocycles. The Bertz CT molecular complexity index is 546. The number of esters is 1. The third-order valence-corrected chi connectivity index (χ3v) is 7.19. The van der Waals surface area contributed by atoms with E-state index in [4.69, 9.17) is 9.84 Å². The highest BCUT2D eigenvalue weighted by atomic mass is 32.2. The molecule has 8 heteroatoms. The van der Waals surface area contributed by atoms with E-state index in [0.29, 0.717) is 12.8 Å². The van der Waals surface area contributed by atoms with Crippen molar-refractivity contribution >= 4 is 22.0 Å². The first-order valence-electron chi connectivity index (χ1n) is 7.58. The molecule has 0 radical (unpaired) electrons. The zero-order chi connectivity index (χ0) is 16.5. The van der Waals surface area contributed by atoms with Gasteiger partial charge in [0, 0.05) is 13.1 Å². The molecule has 4 atom stereocenters. The Kier molecular flexibility index (Phi) is 5.11. The molecule has 0 bridgehead atoms. The minimum atomic E-state index is -3.70. The van der Waals surface area contributed by atoms with Crippen LogP contribution in [0.2, 0.25) is 0 Å². The summed E-state index contributed by atoms with van der Waals surface area (Å²) in [6.07, 6.45) is 2.48. The smallest absolute Gasteiger partial charge is 0.310 e. The zero-order valence-corrected chi connectivity index (χ0v) is 13.7. The molecule has 0 aromatic heterocycles. The largest absolute Gasteiger partial charge is 0.481 e. The van der Waals surface area contributed by atoms with Crippen molar-refractivity contribution in [3.05, 3.63) is 0 Å². The van der Waals surface area contributed by atoms with Crippen molar-refractivity contribution in [1.82, 2.24) is 4.31 Å². The maximum absolute atomic E-state index is 12.9. The molecule has 1 saturated carbocycles.